The zero-order chi connectivity index (χ0) is 16.9. The zero-order valence-corrected chi connectivity index (χ0v) is 16.8. The molecule has 0 saturated carbocycles. The molecule has 1 aromatic heterocycles. The predicted molar refractivity (Wildman–Crippen MR) is 112 cm³/mol. The van der Waals surface area contributed by atoms with Crippen molar-refractivity contribution in [2.45, 2.75) is 19.0 Å². The minimum Gasteiger partial charge on any atom is -0.493 e. The van der Waals surface area contributed by atoms with E-state index in [1.807, 2.05) is 55.4 Å². The van der Waals surface area contributed by atoms with Gasteiger partial charge in [-0.25, -0.2) is 9.98 Å². The summed E-state index contributed by atoms with van der Waals surface area (Å²) >= 11 is 0. The molecule has 1 aromatic carbocycles. The maximum Gasteiger partial charge on any atom is 0.189 e. The molecule has 7 heteroatoms. The number of nitrogens with one attached hydrogen (secondary N) is 1. The average molecular weight is 453 g/mol. The lowest BCUT2D eigenvalue weighted by atomic mass is 10.0. The van der Waals surface area contributed by atoms with E-state index in [-0.39, 0.29) is 30.0 Å². The van der Waals surface area contributed by atoms with E-state index >= 15 is 0 Å². The van der Waals surface area contributed by atoms with E-state index in [9.17, 15) is 0 Å². The van der Waals surface area contributed by atoms with E-state index in [4.69, 9.17) is 10.5 Å². The van der Waals surface area contributed by atoms with Gasteiger partial charge in [0.1, 0.15) is 11.6 Å². The second kappa shape index (κ2) is 8.89. The quantitative estimate of drug-likeness (QED) is 0.423. The van der Waals surface area contributed by atoms with Crippen LogP contribution in [-0.4, -0.2) is 31.6 Å². The van der Waals surface area contributed by atoms with Crippen molar-refractivity contribution in [3.05, 3.63) is 53.7 Å². The lowest BCUT2D eigenvalue weighted by molar-refractivity contribution is 0.262. The number of para-hydroxylation sites is 1. The monoisotopic (exact) mass is 453 g/mol. The summed E-state index contributed by atoms with van der Waals surface area (Å²) in [6.07, 6.45) is 0.863. The Bertz CT molecular complexity index is 735. The van der Waals surface area contributed by atoms with E-state index in [1.165, 1.54) is 0 Å². The van der Waals surface area contributed by atoms with Gasteiger partial charge in [0.05, 0.1) is 24.9 Å². The van der Waals surface area contributed by atoms with Crippen molar-refractivity contribution in [1.29, 1.82) is 0 Å². The molecule has 2 aromatic rings. The molecule has 3 rings (SSSR count). The highest BCUT2D eigenvalue weighted by Gasteiger charge is 2.21. The number of anilines is 1. The second-order valence-electron chi connectivity index (χ2n) is 5.95. The Labute approximate surface area is 165 Å². The van der Waals surface area contributed by atoms with E-state index in [1.54, 1.807) is 0 Å². The van der Waals surface area contributed by atoms with Gasteiger partial charge in [-0.15, -0.1) is 24.0 Å². The molecule has 134 valence electrons. The lowest BCUT2D eigenvalue weighted by Crippen LogP contribution is -2.37. The summed E-state index contributed by atoms with van der Waals surface area (Å²) < 4.78 is 5.66. The van der Waals surface area contributed by atoms with Gasteiger partial charge in [-0.1, -0.05) is 24.3 Å². The van der Waals surface area contributed by atoms with Gasteiger partial charge < -0.3 is 20.7 Å². The van der Waals surface area contributed by atoms with Crippen LogP contribution in [0.5, 0.6) is 5.75 Å². The summed E-state index contributed by atoms with van der Waals surface area (Å²) in [5.74, 6) is 2.25. The number of nitrogens with zero attached hydrogens (tertiary/aromatic N) is 3. The molecular formula is C18H24IN5O. The van der Waals surface area contributed by atoms with Crippen LogP contribution in [0.1, 0.15) is 23.7 Å². The van der Waals surface area contributed by atoms with Crippen molar-refractivity contribution in [1.82, 2.24) is 10.3 Å². The van der Waals surface area contributed by atoms with Crippen LogP contribution in [0.4, 0.5) is 5.82 Å². The fourth-order valence-corrected chi connectivity index (χ4v) is 2.69. The van der Waals surface area contributed by atoms with Crippen molar-refractivity contribution in [3.63, 3.8) is 0 Å². The van der Waals surface area contributed by atoms with Crippen LogP contribution in [-0.2, 0) is 6.54 Å². The number of benzene rings is 1. The maximum absolute atomic E-state index is 6.07. The Morgan fingerprint density at radius 3 is 2.88 bits per heavy atom. The number of hydrogen-bond acceptors (Lipinski definition) is 4. The lowest BCUT2D eigenvalue weighted by Gasteiger charge is -2.26. The summed E-state index contributed by atoms with van der Waals surface area (Å²) in [6, 6.07) is 14.0. The van der Waals surface area contributed by atoms with Gasteiger partial charge >= 0.3 is 0 Å². The van der Waals surface area contributed by atoms with Crippen LogP contribution in [0, 0.1) is 0 Å². The first-order valence-electron chi connectivity index (χ1n) is 8.05. The molecule has 0 radical (unpaired) electrons. The van der Waals surface area contributed by atoms with Gasteiger partial charge in [0.15, 0.2) is 5.96 Å². The first-order valence-corrected chi connectivity index (χ1v) is 8.05. The van der Waals surface area contributed by atoms with Crippen molar-refractivity contribution >= 4 is 35.8 Å². The van der Waals surface area contributed by atoms with Crippen LogP contribution in [0.15, 0.2) is 47.5 Å². The molecule has 2 heterocycles. The summed E-state index contributed by atoms with van der Waals surface area (Å²) in [5, 5.41) is 3.29. The molecule has 6 nitrogen and oxygen atoms in total. The van der Waals surface area contributed by atoms with Gasteiger partial charge in [0.25, 0.3) is 0 Å². The number of guanidine groups is 1. The minimum absolute atomic E-state index is 0. The standard InChI is InChI=1S/C18H23N5O.HI/c1-23(2)17-9-5-6-13(21-17)12-20-18(19)22-15-10-11-24-16-8-4-3-7-14(15)16;/h3-9,15H,10-12H2,1-2H3,(H3,19,20,22);1H. The third-order valence-electron chi connectivity index (χ3n) is 3.94. The van der Waals surface area contributed by atoms with E-state index in [0.717, 1.165) is 29.2 Å². The van der Waals surface area contributed by atoms with E-state index < -0.39 is 0 Å². The Hall–Kier alpha value is -2.03. The van der Waals surface area contributed by atoms with Gasteiger partial charge in [0, 0.05) is 26.1 Å². The molecule has 1 aliphatic heterocycles. The maximum atomic E-state index is 6.07. The topological polar surface area (TPSA) is 75.8 Å². The van der Waals surface area contributed by atoms with Gasteiger partial charge in [-0.3, -0.25) is 0 Å². The number of aromatic nitrogens is 1. The third kappa shape index (κ3) is 4.97. The van der Waals surface area contributed by atoms with Crippen molar-refractivity contribution in [2.75, 3.05) is 25.6 Å². The number of halogens is 1. The second-order valence-corrected chi connectivity index (χ2v) is 5.95. The normalized spacial score (nSPS) is 16.2. The molecule has 0 spiro atoms. The first kappa shape index (κ1) is 19.3. The first-order chi connectivity index (χ1) is 11.6. The number of fused-ring (bicyclic) bond motifs is 1. The van der Waals surface area contributed by atoms with Crippen LogP contribution in [0.2, 0.25) is 0 Å². The summed E-state index contributed by atoms with van der Waals surface area (Å²) in [7, 11) is 3.93. The minimum atomic E-state index is 0. The number of hydrogen-bond donors (Lipinski definition) is 2. The molecule has 1 aliphatic rings. The number of pyridine rings is 1. The van der Waals surface area contributed by atoms with Gasteiger partial charge in [-0.2, -0.15) is 0 Å². The Morgan fingerprint density at radius 1 is 1.28 bits per heavy atom. The fourth-order valence-electron chi connectivity index (χ4n) is 2.69. The van der Waals surface area contributed by atoms with E-state index in [2.05, 4.69) is 21.4 Å². The van der Waals surface area contributed by atoms with Gasteiger partial charge in [0.2, 0.25) is 0 Å². The highest BCUT2D eigenvalue weighted by Crippen LogP contribution is 2.31. The van der Waals surface area contributed by atoms with Crippen LogP contribution in [0.3, 0.4) is 0 Å². The Balaban J connectivity index is 0.00000225. The molecular weight excluding hydrogens is 429 g/mol. The number of aliphatic imine (C=N–C) groups is 1. The number of rotatable bonds is 4. The molecule has 0 saturated heterocycles. The van der Waals surface area contributed by atoms with Crippen molar-refractivity contribution < 1.29 is 4.74 Å². The molecule has 25 heavy (non-hydrogen) atoms. The summed E-state index contributed by atoms with van der Waals surface area (Å²) in [4.78, 5) is 10.9. The predicted octanol–water partition coefficient (Wildman–Crippen LogP) is 2.69. The SMILES string of the molecule is CN(C)c1cccc(CN=C(N)NC2CCOc3ccccc32)n1.I. The van der Waals surface area contributed by atoms with Crippen molar-refractivity contribution in [2.24, 2.45) is 10.7 Å². The van der Waals surface area contributed by atoms with Crippen LogP contribution in [0.25, 0.3) is 0 Å². The molecule has 0 fully saturated rings. The smallest absolute Gasteiger partial charge is 0.189 e. The van der Waals surface area contributed by atoms with Gasteiger partial charge in [-0.05, 0) is 18.2 Å². The summed E-state index contributed by atoms with van der Waals surface area (Å²) in [6.45, 7) is 1.12. The van der Waals surface area contributed by atoms with Crippen LogP contribution < -0.4 is 20.7 Å². The average Bonchev–Trinajstić information content (AvgIpc) is 2.60. The number of ether oxygens (including phenoxy) is 1. The Kier molecular flexibility index (Phi) is 6.86. The largest absolute Gasteiger partial charge is 0.493 e. The number of nitrogens with two attached hydrogens (primary N) is 1. The Morgan fingerprint density at radius 2 is 2.08 bits per heavy atom. The molecule has 0 amide bonds. The zero-order valence-electron chi connectivity index (χ0n) is 14.5. The molecule has 0 bridgehead atoms. The highest BCUT2D eigenvalue weighted by atomic mass is 127. The van der Waals surface area contributed by atoms with Crippen molar-refractivity contribution in [3.8, 4) is 5.75 Å². The molecule has 1 unspecified atom stereocenters. The van der Waals surface area contributed by atoms with E-state index in [0.29, 0.717) is 19.1 Å². The molecule has 1 atom stereocenters. The molecule has 3 N–H and O–H groups in total. The highest BCUT2D eigenvalue weighted by molar-refractivity contribution is 14.0. The third-order valence-corrected chi connectivity index (χ3v) is 3.94. The van der Waals surface area contributed by atoms with Crippen LogP contribution >= 0.6 is 24.0 Å². The summed E-state index contributed by atoms with van der Waals surface area (Å²) in [5.41, 5.74) is 8.07. The fraction of sp³-hybridized carbons (Fsp3) is 0.333. The molecule has 0 aliphatic carbocycles.